The second kappa shape index (κ2) is 6.58. The van der Waals surface area contributed by atoms with Crippen molar-refractivity contribution in [2.24, 2.45) is 5.10 Å². The summed E-state index contributed by atoms with van der Waals surface area (Å²) in [5, 5.41) is 13.1. The van der Waals surface area contributed by atoms with Crippen LogP contribution in [0.4, 0.5) is 5.69 Å². The van der Waals surface area contributed by atoms with E-state index in [9.17, 15) is 0 Å². The molecule has 0 amide bonds. The fraction of sp³-hybridized carbons (Fsp3) is 0. The van der Waals surface area contributed by atoms with Crippen LogP contribution in [0.15, 0.2) is 35.4 Å². The van der Waals surface area contributed by atoms with Crippen LogP contribution in [-0.4, -0.2) is 11.2 Å². The maximum absolute atomic E-state index is 8.90. The fourth-order valence-corrected chi connectivity index (χ4v) is 2.02. The summed E-state index contributed by atoms with van der Waals surface area (Å²) < 4.78 is 0. The van der Waals surface area contributed by atoms with Crippen molar-refractivity contribution >= 4 is 46.7 Å². The maximum Gasteiger partial charge on any atom is 0.163 e. The number of hydrazone groups is 1. The lowest BCUT2D eigenvalue weighted by atomic mass is 10.2. The number of pyridine rings is 1. The average molecular weight is 326 g/mol. The molecule has 1 aromatic carbocycles. The third kappa shape index (κ3) is 3.20. The topological polar surface area (TPSA) is 61.1 Å². The van der Waals surface area contributed by atoms with Crippen LogP contribution < -0.4 is 5.43 Å². The third-order valence-corrected chi connectivity index (χ3v) is 3.44. The minimum atomic E-state index is -0.0153. The van der Waals surface area contributed by atoms with Crippen molar-refractivity contribution in [2.45, 2.75) is 0 Å². The van der Waals surface area contributed by atoms with Gasteiger partial charge in [0.2, 0.25) is 0 Å². The van der Waals surface area contributed by atoms with Gasteiger partial charge in [0.05, 0.1) is 11.9 Å². The van der Waals surface area contributed by atoms with E-state index < -0.39 is 0 Å². The predicted octanol–water partition coefficient (Wildman–Crippen LogP) is 4.36. The van der Waals surface area contributed by atoms with E-state index in [-0.39, 0.29) is 26.6 Å². The van der Waals surface area contributed by atoms with Crippen molar-refractivity contribution in [1.82, 2.24) is 4.98 Å². The molecular formula is C13H7Cl3N4. The minimum Gasteiger partial charge on any atom is -0.275 e. The molecule has 0 saturated heterocycles. The highest BCUT2D eigenvalue weighted by atomic mass is 35.5. The van der Waals surface area contributed by atoms with Gasteiger partial charge in [-0.15, -0.1) is 0 Å². The summed E-state index contributed by atoms with van der Waals surface area (Å²) in [6, 6.07) is 11.3. The molecule has 100 valence electrons. The first-order valence-corrected chi connectivity index (χ1v) is 6.55. The molecule has 0 bridgehead atoms. The highest BCUT2D eigenvalue weighted by molar-refractivity contribution is 6.45. The van der Waals surface area contributed by atoms with Crippen molar-refractivity contribution in [1.29, 1.82) is 5.26 Å². The second-order valence-corrected chi connectivity index (χ2v) is 4.76. The Morgan fingerprint density at radius 2 is 1.85 bits per heavy atom. The van der Waals surface area contributed by atoms with E-state index in [2.05, 4.69) is 15.5 Å². The van der Waals surface area contributed by atoms with E-state index >= 15 is 0 Å². The molecule has 0 aliphatic heterocycles. The Hall–Kier alpha value is -1.80. The molecule has 1 heterocycles. The van der Waals surface area contributed by atoms with Crippen LogP contribution in [0.5, 0.6) is 0 Å². The van der Waals surface area contributed by atoms with Crippen LogP contribution >= 0.6 is 34.8 Å². The van der Waals surface area contributed by atoms with E-state index in [0.29, 0.717) is 0 Å². The molecule has 2 rings (SSSR count). The van der Waals surface area contributed by atoms with Crippen molar-refractivity contribution in [3.8, 4) is 6.07 Å². The van der Waals surface area contributed by atoms with E-state index in [1.54, 1.807) is 6.21 Å². The molecule has 0 unspecified atom stereocenters. The zero-order chi connectivity index (χ0) is 14.5. The number of rotatable bonds is 3. The van der Waals surface area contributed by atoms with Crippen LogP contribution in [0, 0.1) is 11.3 Å². The molecule has 2 aromatic rings. The molecule has 0 aliphatic rings. The molecule has 0 saturated carbocycles. The zero-order valence-corrected chi connectivity index (χ0v) is 12.2. The summed E-state index contributed by atoms with van der Waals surface area (Å²) in [6.07, 6.45) is 1.59. The first-order valence-electron chi connectivity index (χ1n) is 5.42. The Labute approximate surface area is 130 Å². The van der Waals surface area contributed by atoms with Gasteiger partial charge in [-0.2, -0.15) is 10.4 Å². The molecule has 1 N–H and O–H groups in total. The highest BCUT2D eigenvalue weighted by Gasteiger charge is 2.15. The van der Waals surface area contributed by atoms with Crippen LogP contribution in [0.25, 0.3) is 0 Å². The molecule has 0 aliphatic carbocycles. The number of hydrogen-bond acceptors (Lipinski definition) is 4. The molecule has 0 spiro atoms. The molecule has 20 heavy (non-hydrogen) atoms. The third-order valence-electron chi connectivity index (χ3n) is 2.33. The van der Waals surface area contributed by atoms with E-state index in [0.717, 1.165) is 5.56 Å². The number of hydrogen-bond donors (Lipinski definition) is 1. The van der Waals surface area contributed by atoms with Gasteiger partial charge in [0.15, 0.2) is 10.8 Å². The number of halogens is 3. The minimum absolute atomic E-state index is 0.00923. The number of aromatic nitrogens is 1. The summed E-state index contributed by atoms with van der Waals surface area (Å²) in [5.41, 5.74) is 3.80. The monoisotopic (exact) mass is 324 g/mol. The number of nitrogens with zero attached hydrogens (tertiary/aromatic N) is 3. The van der Waals surface area contributed by atoms with Crippen molar-refractivity contribution < 1.29 is 0 Å². The number of anilines is 1. The quantitative estimate of drug-likeness (QED) is 0.518. The van der Waals surface area contributed by atoms with Crippen molar-refractivity contribution in [2.75, 3.05) is 5.43 Å². The summed E-state index contributed by atoms with van der Waals surface area (Å²) in [4.78, 5) is 3.77. The normalized spacial score (nSPS) is 10.5. The molecule has 1 aromatic heterocycles. The molecule has 7 heteroatoms. The van der Waals surface area contributed by atoms with Gasteiger partial charge in [0.1, 0.15) is 16.1 Å². The Morgan fingerprint density at radius 1 is 1.15 bits per heavy atom. The lowest BCUT2D eigenvalue weighted by Gasteiger charge is -2.08. The summed E-state index contributed by atoms with van der Waals surface area (Å²) in [5.74, 6) is 0. The largest absolute Gasteiger partial charge is 0.275 e. The van der Waals surface area contributed by atoms with Gasteiger partial charge in [-0.1, -0.05) is 65.1 Å². The van der Waals surface area contributed by atoms with Gasteiger partial charge in [-0.05, 0) is 5.56 Å². The van der Waals surface area contributed by atoms with Crippen molar-refractivity contribution in [3.05, 3.63) is 56.8 Å². The number of nitrogens with one attached hydrogen (secondary N) is 1. The van der Waals surface area contributed by atoms with Gasteiger partial charge in [0.25, 0.3) is 0 Å². The Morgan fingerprint density at radius 3 is 2.50 bits per heavy atom. The molecule has 0 radical (unpaired) electrons. The summed E-state index contributed by atoms with van der Waals surface area (Å²) in [6.45, 7) is 0. The van der Waals surface area contributed by atoms with Crippen LogP contribution in [0.1, 0.15) is 11.3 Å². The smallest absolute Gasteiger partial charge is 0.163 e. The standard InChI is InChI=1S/C13H7Cl3N4/c14-10-9(6-17)19-13(16)11(15)12(10)20-18-7-8-4-2-1-3-5-8/h1-5,7H,(H,19,20)/b18-7+. The number of benzene rings is 1. The Balaban J connectivity index is 2.28. The fourth-order valence-electron chi connectivity index (χ4n) is 1.40. The SMILES string of the molecule is N#Cc1nc(Cl)c(Cl)c(N/N=C/c2ccccc2)c1Cl. The highest BCUT2D eigenvalue weighted by Crippen LogP contribution is 2.36. The van der Waals surface area contributed by atoms with Gasteiger partial charge in [-0.3, -0.25) is 5.43 Å². The van der Waals surface area contributed by atoms with E-state index in [1.165, 1.54) is 0 Å². The van der Waals surface area contributed by atoms with Crippen LogP contribution in [-0.2, 0) is 0 Å². The summed E-state index contributed by atoms with van der Waals surface area (Å²) >= 11 is 17.8. The predicted molar refractivity (Wildman–Crippen MR) is 81.6 cm³/mol. The Bertz CT molecular complexity index is 693. The zero-order valence-electron chi connectivity index (χ0n) is 9.94. The van der Waals surface area contributed by atoms with E-state index in [1.807, 2.05) is 36.4 Å². The lowest BCUT2D eigenvalue weighted by Crippen LogP contribution is -1.97. The van der Waals surface area contributed by atoms with Crippen LogP contribution in [0.2, 0.25) is 15.2 Å². The van der Waals surface area contributed by atoms with E-state index in [4.69, 9.17) is 40.1 Å². The molecule has 0 fully saturated rings. The van der Waals surface area contributed by atoms with Gasteiger partial charge in [-0.25, -0.2) is 4.98 Å². The molecule has 4 nitrogen and oxygen atoms in total. The van der Waals surface area contributed by atoms with Gasteiger partial charge in [0, 0.05) is 0 Å². The second-order valence-electron chi connectivity index (χ2n) is 3.65. The van der Waals surface area contributed by atoms with Crippen molar-refractivity contribution in [3.63, 3.8) is 0 Å². The molecular weight excluding hydrogens is 319 g/mol. The first kappa shape index (κ1) is 14.6. The average Bonchev–Trinajstić information content (AvgIpc) is 2.47. The van der Waals surface area contributed by atoms with Gasteiger partial charge < -0.3 is 0 Å². The first-order chi connectivity index (χ1) is 9.63. The number of nitriles is 1. The maximum atomic E-state index is 8.90. The summed E-state index contributed by atoms with van der Waals surface area (Å²) in [7, 11) is 0. The lowest BCUT2D eigenvalue weighted by molar-refractivity contribution is 1.24. The van der Waals surface area contributed by atoms with Gasteiger partial charge >= 0.3 is 0 Å². The molecule has 0 atom stereocenters. The Kier molecular flexibility index (Phi) is 4.80. The van der Waals surface area contributed by atoms with Crippen LogP contribution in [0.3, 0.4) is 0 Å².